The van der Waals surface area contributed by atoms with Gasteiger partial charge in [-0.25, -0.2) is 0 Å². The third-order valence-electron chi connectivity index (χ3n) is 4.36. The van der Waals surface area contributed by atoms with E-state index in [9.17, 15) is 15.3 Å². The van der Waals surface area contributed by atoms with E-state index in [0.29, 0.717) is 17.9 Å². The first kappa shape index (κ1) is 17.1. The summed E-state index contributed by atoms with van der Waals surface area (Å²) < 4.78 is 5.58. The molecule has 0 radical (unpaired) electrons. The Morgan fingerprint density at radius 3 is 2.68 bits per heavy atom. The number of ketones is 1. The van der Waals surface area contributed by atoms with Gasteiger partial charge >= 0.3 is 0 Å². The van der Waals surface area contributed by atoms with Crippen LogP contribution in [0.25, 0.3) is 5.57 Å². The molecule has 4 nitrogen and oxygen atoms in total. The first-order valence-electron chi connectivity index (χ1n) is 7.95. The molecule has 124 valence electrons. The Morgan fingerprint density at radius 1 is 1.28 bits per heavy atom. The Balaban J connectivity index is 2.17. The highest BCUT2D eigenvalue weighted by Crippen LogP contribution is 2.48. The van der Waals surface area contributed by atoms with E-state index < -0.39 is 0 Å². The Morgan fingerprint density at radius 2 is 2.04 bits per heavy atom. The van der Waals surface area contributed by atoms with Gasteiger partial charge in [-0.3, -0.25) is 0 Å². The van der Waals surface area contributed by atoms with Crippen molar-refractivity contribution in [3.05, 3.63) is 59.6 Å². The molecule has 0 unspecified atom stereocenters. The molecule has 1 aromatic heterocycles. The quantitative estimate of drug-likeness (QED) is 0.757. The monoisotopic (exact) mass is 348 g/mol. The van der Waals surface area contributed by atoms with Crippen LogP contribution >= 0.6 is 11.8 Å². The second kappa shape index (κ2) is 7.42. The van der Waals surface area contributed by atoms with E-state index in [2.05, 4.69) is 0 Å². The third-order valence-corrected chi connectivity index (χ3v) is 5.55. The minimum absolute atomic E-state index is 0.0556. The van der Waals surface area contributed by atoms with Gasteiger partial charge < -0.3 is 9.21 Å². The van der Waals surface area contributed by atoms with Gasteiger partial charge in [0.1, 0.15) is 29.3 Å². The molecule has 0 saturated carbocycles. The number of furan rings is 1. The summed E-state index contributed by atoms with van der Waals surface area (Å²) in [7, 11) is 0. The second-order valence-electron chi connectivity index (χ2n) is 5.95. The maximum Gasteiger partial charge on any atom is 0.133 e. The predicted octanol–water partition coefficient (Wildman–Crippen LogP) is 4.57. The molecule has 2 heterocycles. The number of nitriles is 2. The number of hydrogen-bond donors (Lipinski definition) is 0. The molecule has 2 aromatic rings. The summed E-state index contributed by atoms with van der Waals surface area (Å²) in [5.41, 5.74) is 1.74. The lowest BCUT2D eigenvalue weighted by Crippen LogP contribution is -2.23. The minimum Gasteiger partial charge on any atom is -0.469 e. The summed E-state index contributed by atoms with van der Waals surface area (Å²) in [6.45, 7) is 1.55. The van der Waals surface area contributed by atoms with E-state index in [1.54, 1.807) is 31.0 Å². The average molecular weight is 348 g/mol. The van der Waals surface area contributed by atoms with Crippen molar-refractivity contribution in [2.75, 3.05) is 5.75 Å². The van der Waals surface area contributed by atoms with E-state index in [1.807, 2.05) is 42.5 Å². The van der Waals surface area contributed by atoms with Crippen LogP contribution in [-0.4, -0.2) is 11.5 Å². The zero-order valence-corrected chi connectivity index (χ0v) is 14.5. The number of benzene rings is 1. The maximum atomic E-state index is 11.9. The molecule has 5 heteroatoms. The summed E-state index contributed by atoms with van der Waals surface area (Å²) >= 11 is 1.69. The van der Waals surface area contributed by atoms with Crippen LogP contribution < -0.4 is 0 Å². The molecule has 25 heavy (non-hydrogen) atoms. The van der Waals surface area contributed by atoms with Gasteiger partial charge in [-0.15, -0.1) is 11.8 Å². The van der Waals surface area contributed by atoms with Gasteiger partial charge in [0, 0.05) is 28.9 Å². The van der Waals surface area contributed by atoms with E-state index >= 15 is 0 Å². The van der Waals surface area contributed by atoms with Crippen LogP contribution in [0.1, 0.15) is 30.6 Å². The van der Waals surface area contributed by atoms with Crippen LogP contribution in [0.3, 0.4) is 0 Å². The summed E-state index contributed by atoms with van der Waals surface area (Å²) in [6.07, 6.45) is 1.90. The van der Waals surface area contributed by atoms with Crippen LogP contribution in [0.5, 0.6) is 0 Å². The number of carbonyl (C=O) groups excluding carboxylic acids is 1. The fourth-order valence-corrected chi connectivity index (χ4v) is 4.58. The topological polar surface area (TPSA) is 77.8 Å². The zero-order chi connectivity index (χ0) is 17.8. The van der Waals surface area contributed by atoms with Crippen LogP contribution in [0.15, 0.2) is 57.5 Å². The molecular formula is C20H16N2O2S. The molecule has 0 aliphatic carbocycles. The lowest BCUT2D eigenvalue weighted by Gasteiger charge is -2.32. The first-order valence-corrected chi connectivity index (χ1v) is 8.93. The van der Waals surface area contributed by atoms with E-state index in [4.69, 9.17) is 4.42 Å². The molecule has 0 spiro atoms. The summed E-state index contributed by atoms with van der Waals surface area (Å²) in [6, 6.07) is 15.5. The Kier molecular flexibility index (Phi) is 5.07. The highest BCUT2D eigenvalue weighted by Gasteiger charge is 2.36. The van der Waals surface area contributed by atoms with Crippen molar-refractivity contribution < 1.29 is 9.21 Å². The minimum atomic E-state index is -0.194. The van der Waals surface area contributed by atoms with Crippen molar-refractivity contribution >= 4 is 23.1 Å². The number of thioether (sulfide) groups is 1. The third kappa shape index (κ3) is 3.38. The molecule has 1 aliphatic heterocycles. The zero-order valence-electron chi connectivity index (χ0n) is 13.7. The van der Waals surface area contributed by atoms with Crippen LogP contribution in [0, 0.1) is 28.6 Å². The van der Waals surface area contributed by atoms with Gasteiger partial charge in [0.2, 0.25) is 0 Å². The van der Waals surface area contributed by atoms with E-state index in [0.717, 1.165) is 16.0 Å². The first-order chi connectivity index (χ1) is 12.2. The largest absolute Gasteiger partial charge is 0.469 e. The summed E-state index contributed by atoms with van der Waals surface area (Å²) in [4.78, 5) is 12.9. The number of rotatable bonds is 4. The number of Topliss-reactive ketones (excluding diaryl/α,β-unsaturated/α-hetero) is 1. The molecule has 3 rings (SSSR count). The van der Waals surface area contributed by atoms with Crippen molar-refractivity contribution in [2.24, 2.45) is 5.92 Å². The van der Waals surface area contributed by atoms with Gasteiger partial charge in [0.15, 0.2) is 0 Å². The van der Waals surface area contributed by atoms with Gasteiger partial charge in [0.25, 0.3) is 0 Å². The number of fused-ring (bicyclic) bond motifs is 1. The smallest absolute Gasteiger partial charge is 0.133 e. The molecule has 0 bridgehead atoms. The highest BCUT2D eigenvalue weighted by atomic mass is 32.2. The van der Waals surface area contributed by atoms with Crippen LogP contribution in [0.2, 0.25) is 0 Å². The Hall–Kier alpha value is -2.76. The number of nitrogens with zero attached hydrogens (tertiary/aromatic N) is 2. The highest BCUT2D eigenvalue weighted by molar-refractivity contribution is 7.99. The number of hydrogen-bond acceptors (Lipinski definition) is 5. The van der Waals surface area contributed by atoms with Crippen LogP contribution in [-0.2, 0) is 4.79 Å². The molecule has 2 atom stereocenters. The van der Waals surface area contributed by atoms with Crippen molar-refractivity contribution in [1.82, 2.24) is 0 Å². The number of carbonyl (C=O) groups is 1. The SMILES string of the molecule is CC(=O)C[C@@H](c1ccco1)[C@@H]1CSc2ccccc2C1=C(C#N)C#N. The summed E-state index contributed by atoms with van der Waals surface area (Å²) in [5.74, 6) is 1.13. The number of allylic oxidation sites excluding steroid dienone is 2. The van der Waals surface area contributed by atoms with Gasteiger partial charge in [-0.1, -0.05) is 18.2 Å². The van der Waals surface area contributed by atoms with Gasteiger partial charge in [-0.05, 0) is 36.3 Å². The lowest BCUT2D eigenvalue weighted by molar-refractivity contribution is -0.117. The normalized spacial score (nSPS) is 17.1. The molecule has 1 aliphatic rings. The van der Waals surface area contributed by atoms with Crippen LogP contribution in [0.4, 0.5) is 0 Å². The summed E-state index contributed by atoms with van der Waals surface area (Å²) in [5, 5.41) is 19.0. The molecule has 0 amide bonds. The molecule has 0 fully saturated rings. The van der Waals surface area contributed by atoms with Crippen molar-refractivity contribution in [2.45, 2.75) is 24.2 Å². The molecule has 0 N–H and O–H groups in total. The molecular weight excluding hydrogens is 332 g/mol. The predicted molar refractivity (Wildman–Crippen MR) is 95.5 cm³/mol. The Bertz CT molecular complexity index is 885. The second-order valence-corrected chi connectivity index (χ2v) is 7.02. The van der Waals surface area contributed by atoms with Crippen molar-refractivity contribution in [1.29, 1.82) is 10.5 Å². The fourth-order valence-electron chi connectivity index (χ4n) is 3.31. The lowest BCUT2D eigenvalue weighted by atomic mass is 9.77. The molecule has 1 aromatic carbocycles. The van der Waals surface area contributed by atoms with E-state index in [1.165, 1.54) is 0 Å². The van der Waals surface area contributed by atoms with Gasteiger partial charge in [-0.2, -0.15) is 10.5 Å². The van der Waals surface area contributed by atoms with Crippen molar-refractivity contribution in [3.63, 3.8) is 0 Å². The standard InChI is InChI=1S/C20H16N2O2S/c1-13(23)9-16(18-6-4-8-24-18)17-12-25-19-7-3-2-5-15(19)20(17)14(10-21)11-22/h2-8,16-17H,9,12H2,1H3/t16-,17+/m1/s1. The fraction of sp³-hybridized carbons (Fsp3) is 0.250. The van der Waals surface area contributed by atoms with Gasteiger partial charge in [0.05, 0.1) is 6.26 Å². The Labute approximate surface area is 150 Å². The maximum absolute atomic E-state index is 11.9. The average Bonchev–Trinajstić information content (AvgIpc) is 3.15. The van der Waals surface area contributed by atoms with Crippen molar-refractivity contribution in [3.8, 4) is 12.1 Å². The molecule has 0 saturated heterocycles. The van der Waals surface area contributed by atoms with E-state index in [-0.39, 0.29) is 23.2 Å².